The molecule has 1 amide bonds. The normalized spacial score (nSPS) is 15.3. The molecule has 1 heterocycles. The second-order valence-electron chi connectivity index (χ2n) is 5.03. The molecule has 5 heteroatoms. The third-order valence-corrected chi connectivity index (χ3v) is 4.01. The molecule has 0 fully saturated rings. The summed E-state index contributed by atoms with van der Waals surface area (Å²) in [5.74, 6) is -0.102. The first-order valence-corrected chi connectivity index (χ1v) is 7.35. The van der Waals surface area contributed by atoms with E-state index >= 15 is 0 Å². The average Bonchev–Trinajstić information content (AvgIpc) is 2.45. The van der Waals surface area contributed by atoms with Gasteiger partial charge in [-0.15, -0.1) is 0 Å². The molecule has 21 heavy (non-hydrogen) atoms. The molecule has 3 nitrogen and oxygen atoms in total. The van der Waals surface area contributed by atoms with E-state index in [1.165, 1.54) is 0 Å². The highest BCUT2D eigenvalue weighted by Gasteiger charge is 2.19. The van der Waals surface area contributed by atoms with Gasteiger partial charge in [0.1, 0.15) is 6.10 Å². The quantitative estimate of drug-likeness (QED) is 0.891. The van der Waals surface area contributed by atoms with E-state index in [0.717, 1.165) is 12.0 Å². The summed E-state index contributed by atoms with van der Waals surface area (Å²) in [5.41, 5.74) is 2.86. The lowest BCUT2D eigenvalue weighted by Gasteiger charge is -2.19. The fourth-order valence-electron chi connectivity index (χ4n) is 2.52. The van der Waals surface area contributed by atoms with Crippen LogP contribution in [-0.4, -0.2) is 17.6 Å². The van der Waals surface area contributed by atoms with Crippen molar-refractivity contribution in [3.8, 4) is 0 Å². The van der Waals surface area contributed by atoms with Gasteiger partial charge in [-0.05, 0) is 47.4 Å². The fraction of sp³-hybridized carbons (Fsp3) is 0.188. The number of carbonyl (C=O) groups excluding carboxylic acids is 1. The molecular weight excluding hydrogens is 309 g/mol. The van der Waals surface area contributed by atoms with Gasteiger partial charge >= 0.3 is 0 Å². The van der Waals surface area contributed by atoms with Crippen LogP contribution in [0, 0.1) is 0 Å². The minimum absolute atomic E-state index is 0.102. The Morgan fingerprint density at radius 2 is 1.76 bits per heavy atom. The molecule has 0 aliphatic carbocycles. The Labute approximate surface area is 132 Å². The van der Waals surface area contributed by atoms with Crippen LogP contribution < -0.4 is 5.32 Å². The molecule has 2 N–H and O–H groups in total. The van der Waals surface area contributed by atoms with Crippen LogP contribution in [0.4, 0.5) is 0 Å². The van der Waals surface area contributed by atoms with Crippen LogP contribution in [0.25, 0.3) is 0 Å². The van der Waals surface area contributed by atoms with Crippen molar-refractivity contribution in [3.05, 3.63) is 68.7 Å². The van der Waals surface area contributed by atoms with Crippen LogP contribution in [0.15, 0.2) is 36.4 Å². The molecular formula is C16H13Cl2NO2. The van der Waals surface area contributed by atoms with Crippen LogP contribution in [0.5, 0.6) is 0 Å². The van der Waals surface area contributed by atoms with Gasteiger partial charge in [0, 0.05) is 22.2 Å². The summed E-state index contributed by atoms with van der Waals surface area (Å²) in [5, 5.41) is 14.2. The third-order valence-electron chi connectivity index (χ3n) is 3.57. The molecule has 2 aromatic carbocycles. The smallest absolute Gasteiger partial charge is 0.251 e. The highest BCUT2D eigenvalue weighted by atomic mass is 35.5. The Balaban J connectivity index is 2.00. The van der Waals surface area contributed by atoms with Gasteiger partial charge in [0.2, 0.25) is 0 Å². The zero-order valence-corrected chi connectivity index (χ0v) is 12.6. The van der Waals surface area contributed by atoms with E-state index in [9.17, 15) is 9.90 Å². The maximum atomic E-state index is 11.9. The van der Waals surface area contributed by atoms with Crippen LogP contribution >= 0.6 is 23.2 Å². The first-order valence-electron chi connectivity index (χ1n) is 6.59. The van der Waals surface area contributed by atoms with E-state index in [4.69, 9.17) is 23.2 Å². The van der Waals surface area contributed by atoms with E-state index in [0.29, 0.717) is 33.3 Å². The van der Waals surface area contributed by atoms with Gasteiger partial charge in [-0.3, -0.25) is 4.79 Å². The molecule has 108 valence electrons. The summed E-state index contributed by atoms with van der Waals surface area (Å²) in [4.78, 5) is 11.9. The first-order chi connectivity index (χ1) is 10.0. The van der Waals surface area contributed by atoms with E-state index in [2.05, 4.69) is 5.32 Å². The van der Waals surface area contributed by atoms with Crippen molar-refractivity contribution in [1.82, 2.24) is 5.32 Å². The average molecular weight is 322 g/mol. The monoisotopic (exact) mass is 321 g/mol. The molecule has 1 atom stereocenters. The molecule has 0 aromatic heterocycles. The van der Waals surface area contributed by atoms with Gasteiger partial charge in [0.05, 0.1) is 0 Å². The fourth-order valence-corrected chi connectivity index (χ4v) is 3.07. The third kappa shape index (κ3) is 2.91. The molecule has 3 rings (SSSR count). The van der Waals surface area contributed by atoms with Crippen molar-refractivity contribution in [2.75, 3.05) is 6.54 Å². The Bertz CT molecular complexity index is 695. The summed E-state index contributed by atoms with van der Waals surface area (Å²) < 4.78 is 0. The zero-order chi connectivity index (χ0) is 15.0. The topological polar surface area (TPSA) is 49.3 Å². The number of carbonyl (C=O) groups is 1. The van der Waals surface area contributed by atoms with Crippen molar-refractivity contribution in [2.24, 2.45) is 0 Å². The van der Waals surface area contributed by atoms with E-state index in [-0.39, 0.29) is 5.91 Å². The van der Waals surface area contributed by atoms with Gasteiger partial charge in [-0.1, -0.05) is 35.3 Å². The molecule has 0 spiro atoms. The Kier molecular flexibility index (Phi) is 3.89. The van der Waals surface area contributed by atoms with Crippen LogP contribution in [0.3, 0.4) is 0 Å². The molecule has 1 aliphatic rings. The number of hydrogen-bond donors (Lipinski definition) is 2. The Morgan fingerprint density at radius 3 is 2.48 bits per heavy atom. The number of amides is 1. The van der Waals surface area contributed by atoms with Crippen molar-refractivity contribution in [1.29, 1.82) is 0 Å². The van der Waals surface area contributed by atoms with Crippen LogP contribution in [0.1, 0.15) is 33.2 Å². The van der Waals surface area contributed by atoms with E-state index in [1.54, 1.807) is 24.3 Å². The standard InChI is InChI=1S/C16H13Cl2NO2/c17-12-5-11(6-13(18)8-12)15(20)10-2-1-9-3-4-19-16(21)14(9)7-10/h1-2,5-8,15,20H,3-4H2,(H,19,21). The second-order valence-corrected chi connectivity index (χ2v) is 5.90. The van der Waals surface area contributed by atoms with Gasteiger partial charge in [-0.2, -0.15) is 0 Å². The van der Waals surface area contributed by atoms with Gasteiger partial charge < -0.3 is 10.4 Å². The van der Waals surface area contributed by atoms with Crippen molar-refractivity contribution in [3.63, 3.8) is 0 Å². The van der Waals surface area contributed by atoms with Crippen molar-refractivity contribution < 1.29 is 9.90 Å². The SMILES string of the molecule is O=C1NCCc2ccc(C(O)c3cc(Cl)cc(Cl)c3)cc21. The Hall–Kier alpha value is -1.55. The number of aliphatic hydroxyl groups excluding tert-OH is 1. The lowest BCUT2D eigenvalue weighted by molar-refractivity contribution is 0.0945. The minimum atomic E-state index is -0.874. The molecule has 0 saturated heterocycles. The lowest BCUT2D eigenvalue weighted by atomic mass is 9.94. The summed E-state index contributed by atoms with van der Waals surface area (Å²) in [6.45, 7) is 0.650. The highest BCUT2D eigenvalue weighted by molar-refractivity contribution is 6.34. The minimum Gasteiger partial charge on any atom is -0.384 e. The van der Waals surface area contributed by atoms with E-state index in [1.807, 2.05) is 12.1 Å². The number of hydrogen-bond acceptors (Lipinski definition) is 2. The summed E-state index contributed by atoms with van der Waals surface area (Å²) in [6, 6.07) is 10.4. The number of fused-ring (bicyclic) bond motifs is 1. The van der Waals surface area contributed by atoms with Crippen molar-refractivity contribution >= 4 is 29.1 Å². The van der Waals surface area contributed by atoms with Crippen molar-refractivity contribution in [2.45, 2.75) is 12.5 Å². The van der Waals surface area contributed by atoms with Crippen LogP contribution in [0.2, 0.25) is 10.0 Å². The van der Waals surface area contributed by atoms with Gasteiger partial charge in [0.25, 0.3) is 5.91 Å². The highest BCUT2D eigenvalue weighted by Crippen LogP contribution is 2.29. The molecule has 0 saturated carbocycles. The lowest BCUT2D eigenvalue weighted by Crippen LogP contribution is -2.31. The summed E-state index contributed by atoms with van der Waals surface area (Å²) in [6.07, 6.45) is -0.0679. The molecule has 1 aliphatic heterocycles. The number of rotatable bonds is 2. The maximum Gasteiger partial charge on any atom is 0.251 e. The molecule has 0 radical (unpaired) electrons. The molecule has 1 unspecified atom stereocenters. The van der Waals surface area contributed by atoms with Crippen LogP contribution in [-0.2, 0) is 6.42 Å². The number of halogens is 2. The summed E-state index contributed by atoms with van der Waals surface area (Å²) >= 11 is 11.9. The number of aliphatic hydroxyl groups is 1. The predicted octanol–water partition coefficient (Wildman–Crippen LogP) is 3.36. The predicted molar refractivity (Wildman–Crippen MR) is 83.0 cm³/mol. The van der Waals surface area contributed by atoms with Gasteiger partial charge in [0.15, 0.2) is 0 Å². The molecule has 0 bridgehead atoms. The Morgan fingerprint density at radius 1 is 1.05 bits per heavy atom. The second kappa shape index (κ2) is 5.68. The number of nitrogens with one attached hydrogen (secondary N) is 1. The van der Waals surface area contributed by atoms with E-state index < -0.39 is 6.10 Å². The summed E-state index contributed by atoms with van der Waals surface area (Å²) in [7, 11) is 0. The largest absolute Gasteiger partial charge is 0.384 e. The molecule has 2 aromatic rings. The number of benzene rings is 2. The first kappa shape index (κ1) is 14.4. The maximum absolute atomic E-state index is 11.9. The zero-order valence-electron chi connectivity index (χ0n) is 11.1. The van der Waals surface area contributed by atoms with Gasteiger partial charge in [-0.25, -0.2) is 0 Å².